The summed E-state index contributed by atoms with van der Waals surface area (Å²) in [4.78, 5) is 25.8. The molecule has 1 fully saturated rings. The number of hydrogen-bond acceptors (Lipinski definition) is 4. The molecule has 32 heavy (non-hydrogen) atoms. The smallest absolute Gasteiger partial charge is 0.410 e. The van der Waals surface area contributed by atoms with E-state index in [0.29, 0.717) is 18.6 Å². The van der Waals surface area contributed by atoms with Crippen LogP contribution in [0.3, 0.4) is 0 Å². The maximum absolute atomic E-state index is 12.5. The van der Waals surface area contributed by atoms with Gasteiger partial charge in [-0.2, -0.15) is 5.10 Å². The number of aryl methyl sites for hydroxylation is 1. The summed E-state index contributed by atoms with van der Waals surface area (Å²) in [5, 5.41) is 14.9. The molecular formula is C25H29N3O4. The van der Waals surface area contributed by atoms with Gasteiger partial charge in [-0.3, -0.25) is 0 Å². The largest absolute Gasteiger partial charge is 0.478 e. The average molecular weight is 436 g/mol. The van der Waals surface area contributed by atoms with Crippen LogP contribution in [0.25, 0.3) is 16.6 Å². The van der Waals surface area contributed by atoms with Gasteiger partial charge in [0.1, 0.15) is 11.1 Å². The predicted molar refractivity (Wildman–Crippen MR) is 123 cm³/mol. The summed E-state index contributed by atoms with van der Waals surface area (Å²) in [6, 6.07) is 13.4. The molecule has 3 aromatic rings. The third-order valence-electron chi connectivity index (χ3n) is 5.86. The van der Waals surface area contributed by atoms with E-state index in [1.54, 1.807) is 21.7 Å². The SMILES string of the molecule is Cc1c2cccc(C(=O)O)c2nn1-c1ccc(C2CCCN(C(=O)OC(C)(C)C)C2)cc1. The lowest BCUT2D eigenvalue weighted by Crippen LogP contribution is -2.42. The van der Waals surface area contributed by atoms with Crippen LogP contribution < -0.4 is 0 Å². The number of fused-ring (bicyclic) bond motifs is 1. The number of rotatable bonds is 3. The van der Waals surface area contributed by atoms with Crippen LogP contribution in [0.2, 0.25) is 0 Å². The first kappa shape index (κ1) is 21.9. The van der Waals surface area contributed by atoms with Crippen molar-refractivity contribution in [3.05, 3.63) is 59.3 Å². The molecule has 0 spiro atoms. The molecule has 1 aliphatic heterocycles. The molecule has 1 saturated heterocycles. The Labute approximate surface area is 187 Å². The van der Waals surface area contributed by atoms with Crippen LogP contribution in [0.4, 0.5) is 4.79 Å². The zero-order valence-corrected chi connectivity index (χ0v) is 19.0. The molecule has 2 aromatic carbocycles. The summed E-state index contributed by atoms with van der Waals surface area (Å²) in [5.41, 5.74) is 3.12. The molecule has 0 aliphatic carbocycles. The molecule has 1 unspecified atom stereocenters. The summed E-state index contributed by atoms with van der Waals surface area (Å²) in [5.74, 6) is -0.732. The van der Waals surface area contributed by atoms with Crippen LogP contribution in [-0.4, -0.2) is 50.5 Å². The molecule has 2 heterocycles. The quantitative estimate of drug-likeness (QED) is 0.615. The fourth-order valence-corrected chi connectivity index (χ4v) is 4.29. The van der Waals surface area contributed by atoms with E-state index in [0.717, 1.165) is 29.6 Å². The van der Waals surface area contributed by atoms with Crippen LogP contribution in [0, 0.1) is 6.92 Å². The van der Waals surface area contributed by atoms with Crippen LogP contribution in [0.1, 0.15) is 61.1 Å². The number of nitrogens with zero attached hydrogens (tertiary/aromatic N) is 3. The van der Waals surface area contributed by atoms with Crippen molar-refractivity contribution in [2.75, 3.05) is 13.1 Å². The zero-order valence-electron chi connectivity index (χ0n) is 19.0. The van der Waals surface area contributed by atoms with Crippen molar-refractivity contribution < 1.29 is 19.4 Å². The Balaban J connectivity index is 1.56. The number of amides is 1. The highest BCUT2D eigenvalue weighted by Crippen LogP contribution is 2.30. The fourth-order valence-electron chi connectivity index (χ4n) is 4.29. The average Bonchev–Trinajstić information content (AvgIpc) is 3.09. The second-order valence-electron chi connectivity index (χ2n) is 9.36. The van der Waals surface area contributed by atoms with Gasteiger partial charge in [0.2, 0.25) is 0 Å². The number of piperidine rings is 1. The van der Waals surface area contributed by atoms with Gasteiger partial charge in [-0.25, -0.2) is 14.3 Å². The molecule has 7 heteroatoms. The van der Waals surface area contributed by atoms with Gasteiger partial charge in [-0.1, -0.05) is 24.3 Å². The van der Waals surface area contributed by atoms with Gasteiger partial charge >= 0.3 is 12.1 Å². The van der Waals surface area contributed by atoms with Gasteiger partial charge in [0.05, 0.1) is 11.3 Å². The van der Waals surface area contributed by atoms with E-state index < -0.39 is 11.6 Å². The molecule has 0 bridgehead atoms. The normalized spacial score (nSPS) is 16.9. The first-order valence-corrected chi connectivity index (χ1v) is 10.9. The number of carboxylic acid groups (broad SMARTS) is 1. The number of aromatic nitrogens is 2. The van der Waals surface area contributed by atoms with E-state index in [-0.39, 0.29) is 17.6 Å². The van der Waals surface area contributed by atoms with Crippen LogP contribution >= 0.6 is 0 Å². The van der Waals surface area contributed by atoms with Crippen molar-refractivity contribution in [1.82, 2.24) is 14.7 Å². The maximum Gasteiger partial charge on any atom is 0.410 e. The minimum absolute atomic E-state index is 0.199. The Morgan fingerprint density at radius 1 is 1.12 bits per heavy atom. The van der Waals surface area contributed by atoms with Crippen LogP contribution in [0.5, 0.6) is 0 Å². The zero-order chi connectivity index (χ0) is 23.0. The third kappa shape index (κ3) is 4.33. The second-order valence-corrected chi connectivity index (χ2v) is 9.36. The minimum Gasteiger partial charge on any atom is -0.478 e. The second kappa shape index (κ2) is 8.30. The Bertz CT molecular complexity index is 1160. The van der Waals surface area contributed by atoms with Crippen molar-refractivity contribution in [1.29, 1.82) is 0 Å². The Morgan fingerprint density at radius 2 is 1.84 bits per heavy atom. The highest BCUT2D eigenvalue weighted by atomic mass is 16.6. The number of likely N-dealkylation sites (tertiary alicyclic amines) is 1. The number of benzene rings is 2. The summed E-state index contributed by atoms with van der Waals surface area (Å²) < 4.78 is 7.33. The van der Waals surface area contributed by atoms with Crippen molar-refractivity contribution >= 4 is 23.0 Å². The number of ether oxygens (including phenoxy) is 1. The van der Waals surface area contributed by atoms with Gasteiger partial charge in [-0.15, -0.1) is 0 Å². The lowest BCUT2D eigenvalue weighted by molar-refractivity contribution is 0.0198. The number of carbonyl (C=O) groups excluding carboxylic acids is 1. The number of carboxylic acids is 1. The van der Waals surface area contributed by atoms with Gasteiger partial charge in [0, 0.05) is 30.1 Å². The lowest BCUT2D eigenvalue weighted by atomic mass is 9.90. The molecule has 7 nitrogen and oxygen atoms in total. The maximum atomic E-state index is 12.5. The van der Waals surface area contributed by atoms with Crippen molar-refractivity contribution in [2.24, 2.45) is 0 Å². The first-order valence-electron chi connectivity index (χ1n) is 10.9. The molecule has 1 N–H and O–H groups in total. The summed E-state index contributed by atoms with van der Waals surface area (Å²) >= 11 is 0. The molecule has 1 amide bonds. The van der Waals surface area contributed by atoms with Crippen molar-refractivity contribution in [3.63, 3.8) is 0 Å². The Kier molecular flexibility index (Phi) is 5.67. The lowest BCUT2D eigenvalue weighted by Gasteiger charge is -2.34. The third-order valence-corrected chi connectivity index (χ3v) is 5.86. The topological polar surface area (TPSA) is 84.7 Å². The summed E-state index contributed by atoms with van der Waals surface area (Å²) in [7, 11) is 0. The summed E-state index contributed by atoms with van der Waals surface area (Å²) in [6.45, 7) is 8.94. The van der Waals surface area contributed by atoms with Gasteiger partial charge in [0.15, 0.2) is 0 Å². The molecule has 168 valence electrons. The molecule has 1 atom stereocenters. The summed E-state index contributed by atoms with van der Waals surface area (Å²) in [6.07, 6.45) is 1.70. The predicted octanol–water partition coefficient (Wildman–Crippen LogP) is 5.15. The molecular weight excluding hydrogens is 406 g/mol. The number of carbonyl (C=O) groups is 2. The Hall–Kier alpha value is -3.35. The molecule has 1 aliphatic rings. The van der Waals surface area contributed by atoms with Gasteiger partial charge < -0.3 is 14.7 Å². The standard InChI is InChI=1S/C25H29N3O4/c1-16-20-8-5-9-21(23(29)30)22(20)26-28(16)19-12-10-17(11-13-19)18-7-6-14-27(15-18)24(31)32-25(2,3)4/h5,8-13,18H,6-7,14-15H2,1-4H3,(H,29,30). The molecule has 1 aromatic heterocycles. The highest BCUT2D eigenvalue weighted by Gasteiger charge is 2.28. The van der Waals surface area contributed by atoms with Gasteiger partial charge in [-0.05, 0) is 64.3 Å². The molecule has 0 saturated carbocycles. The van der Waals surface area contributed by atoms with Crippen molar-refractivity contribution in [2.45, 2.75) is 52.1 Å². The molecule has 4 rings (SSSR count). The van der Waals surface area contributed by atoms with E-state index >= 15 is 0 Å². The monoisotopic (exact) mass is 435 g/mol. The van der Waals surface area contributed by atoms with E-state index in [1.165, 1.54) is 5.56 Å². The minimum atomic E-state index is -0.984. The highest BCUT2D eigenvalue weighted by molar-refractivity contribution is 6.02. The number of aromatic carboxylic acids is 1. The van der Waals surface area contributed by atoms with E-state index in [1.807, 2.05) is 45.9 Å². The van der Waals surface area contributed by atoms with Crippen molar-refractivity contribution in [3.8, 4) is 5.69 Å². The van der Waals surface area contributed by atoms with Crippen LogP contribution in [0.15, 0.2) is 42.5 Å². The van der Waals surface area contributed by atoms with E-state index in [2.05, 4.69) is 17.2 Å². The number of hydrogen-bond donors (Lipinski definition) is 1. The van der Waals surface area contributed by atoms with Crippen LogP contribution in [-0.2, 0) is 4.74 Å². The first-order chi connectivity index (χ1) is 15.1. The van der Waals surface area contributed by atoms with E-state index in [4.69, 9.17) is 4.74 Å². The Morgan fingerprint density at radius 3 is 2.50 bits per heavy atom. The van der Waals surface area contributed by atoms with E-state index in [9.17, 15) is 14.7 Å². The van der Waals surface area contributed by atoms with Gasteiger partial charge in [0.25, 0.3) is 0 Å². The fraction of sp³-hybridized carbons (Fsp3) is 0.400. The molecule has 0 radical (unpaired) electrons.